The molecule has 0 aliphatic heterocycles. The van der Waals surface area contributed by atoms with Crippen molar-refractivity contribution in [2.75, 3.05) is 10.6 Å². The summed E-state index contributed by atoms with van der Waals surface area (Å²) in [6.45, 7) is 4.89. The standard InChI is InChI=1S/C21H21F3N2O4S/c1-10-12(3)31-19(26-18(28)13-4-5-13)16(10)20(29)30-11(2)17(27)25-15-8-6-14(7-9-15)21(22,23)24/h6-9,11,13H,4-5H2,1-3H3,(H,25,27)(H,26,28). The minimum absolute atomic E-state index is 0.0416. The Hall–Kier alpha value is -2.88. The number of ether oxygens (including phenoxy) is 1. The van der Waals surface area contributed by atoms with E-state index in [0.29, 0.717) is 10.6 Å². The molecule has 2 aromatic rings. The Balaban J connectivity index is 1.66. The molecule has 6 nitrogen and oxygen atoms in total. The van der Waals surface area contributed by atoms with Crippen LogP contribution >= 0.6 is 11.3 Å². The van der Waals surface area contributed by atoms with Gasteiger partial charge in [0.2, 0.25) is 5.91 Å². The Bertz CT molecular complexity index is 1010. The molecule has 0 bridgehead atoms. The minimum Gasteiger partial charge on any atom is -0.449 e. The average molecular weight is 454 g/mol. The van der Waals surface area contributed by atoms with Crippen molar-refractivity contribution in [3.05, 3.63) is 45.8 Å². The van der Waals surface area contributed by atoms with Crippen LogP contribution in [0.1, 0.15) is 46.1 Å². The highest BCUT2D eigenvalue weighted by Crippen LogP contribution is 2.36. The first kappa shape index (κ1) is 22.8. The van der Waals surface area contributed by atoms with Crippen LogP contribution in [-0.4, -0.2) is 23.9 Å². The average Bonchev–Trinajstić information content (AvgIpc) is 3.49. The van der Waals surface area contributed by atoms with E-state index in [2.05, 4.69) is 10.6 Å². The number of carbonyl (C=O) groups is 3. The van der Waals surface area contributed by atoms with E-state index in [1.165, 1.54) is 18.3 Å². The number of aryl methyl sites for hydroxylation is 1. The molecule has 0 radical (unpaired) electrons. The van der Waals surface area contributed by atoms with E-state index < -0.39 is 29.7 Å². The molecule has 3 rings (SSSR count). The first-order valence-electron chi connectivity index (χ1n) is 9.57. The Morgan fingerprint density at radius 3 is 2.26 bits per heavy atom. The van der Waals surface area contributed by atoms with E-state index in [9.17, 15) is 27.6 Å². The lowest BCUT2D eigenvalue weighted by Crippen LogP contribution is -2.30. The third-order valence-electron chi connectivity index (χ3n) is 4.91. The number of carbonyl (C=O) groups excluding carboxylic acids is 3. The number of anilines is 2. The molecule has 1 saturated carbocycles. The summed E-state index contributed by atoms with van der Waals surface area (Å²) in [7, 11) is 0. The van der Waals surface area contributed by atoms with Crippen molar-refractivity contribution in [3.8, 4) is 0 Å². The van der Waals surface area contributed by atoms with Crippen molar-refractivity contribution < 1.29 is 32.3 Å². The maximum Gasteiger partial charge on any atom is 0.416 e. The summed E-state index contributed by atoms with van der Waals surface area (Å²) in [5, 5.41) is 5.56. The van der Waals surface area contributed by atoms with Crippen LogP contribution in [0.2, 0.25) is 0 Å². The Morgan fingerprint density at radius 2 is 1.71 bits per heavy atom. The molecule has 1 unspecified atom stereocenters. The van der Waals surface area contributed by atoms with E-state index in [-0.39, 0.29) is 23.1 Å². The lowest BCUT2D eigenvalue weighted by Gasteiger charge is -2.15. The second-order valence-electron chi connectivity index (χ2n) is 7.36. The number of hydrogen-bond donors (Lipinski definition) is 2. The SMILES string of the molecule is Cc1sc(NC(=O)C2CC2)c(C(=O)OC(C)C(=O)Nc2ccc(C(F)(F)F)cc2)c1C. The van der Waals surface area contributed by atoms with E-state index >= 15 is 0 Å². The second-order valence-corrected chi connectivity index (χ2v) is 8.59. The van der Waals surface area contributed by atoms with Crippen LogP contribution < -0.4 is 10.6 Å². The lowest BCUT2D eigenvalue weighted by molar-refractivity contribution is -0.137. The number of hydrogen-bond acceptors (Lipinski definition) is 5. The van der Waals surface area contributed by atoms with Gasteiger partial charge in [0.1, 0.15) is 5.00 Å². The molecule has 1 atom stereocenters. The molecule has 0 saturated heterocycles. The van der Waals surface area contributed by atoms with Crippen molar-refractivity contribution in [1.82, 2.24) is 0 Å². The largest absolute Gasteiger partial charge is 0.449 e. The van der Waals surface area contributed by atoms with Crippen LogP contribution in [0.15, 0.2) is 24.3 Å². The van der Waals surface area contributed by atoms with Gasteiger partial charge in [-0.2, -0.15) is 13.2 Å². The van der Waals surface area contributed by atoms with Gasteiger partial charge in [-0.05, 0) is 63.4 Å². The summed E-state index contributed by atoms with van der Waals surface area (Å²) in [5.41, 5.74) is 0.150. The third-order valence-corrected chi connectivity index (χ3v) is 6.03. The highest BCUT2D eigenvalue weighted by Gasteiger charge is 2.33. The normalized spacial score (nSPS) is 14.6. The Morgan fingerprint density at radius 1 is 1.10 bits per heavy atom. The molecule has 0 spiro atoms. The first-order valence-corrected chi connectivity index (χ1v) is 10.4. The van der Waals surface area contributed by atoms with Gasteiger partial charge in [0, 0.05) is 16.5 Å². The number of amides is 2. The van der Waals surface area contributed by atoms with Crippen molar-refractivity contribution in [2.24, 2.45) is 5.92 Å². The number of alkyl halides is 3. The first-order chi connectivity index (χ1) is 14.5. The predicted molar refractivity (Wildman–Crippen MR) is 110 cm³/mol. The molecular weight excluding hydrogens is 433 g/mol. The molecule has 166 valence electrons. The monoisotopic (exact) mass is 454 g/mol. The summed E-state index contributed by atoms with van der Waals surface area (Å²) >= 11 is 1.26. The predicted octanol–water partition coefficient (Wildman–Crippen LogP) is 4.92. The fraction of sp³-hybridized carbons (Fsp3) is 0.381. The molecule has 1 aromatic carbocycles. The van der Waals surface area contributed by atoms with E-state index in [1.807, 2.05) is 6.92 Å². The quantitative estimate of drug-likeness (QED) is 0.607. The van der Waals surface area contributed by atoms with Gasteiger partial charge >= 0.3 is 12.1 Å². The number of halogens is 3. The van der Waals surface area contributed by atoms with Crippen LogP contribution in [0.3, 0.4) is 0 Å². The number of esters is 1. The van der Waals surface area contributed by atoms with Gasteiger partial charge in [-0.3, -0.25) is 9.59 Å². The summed E-state index contributed by atoms with van der Waals surface area (Å²) in [6.07, 6.45) is -4.05. The van der Waals surface area contributed by atoms with Gasteiger partial charge in [0.15, 0.2) is 6.10 Å². The summed E-state index contributed by atoms with van der Waals surface area (Å²) in [4.78, 5) is 38.0. The van der Waals surface area contributed by atoms with E-state index in [1.54, 1.807) is 6.92 Å². The number of thiophene rings is 1. The van der Waals surface area contributed by atoms with Gasteiger partial charge in [0.25, 0.3) is 5.91 Å². The Kier molecular flexibility index (Phi) is 6.40. The highest BCUT2D eigenvalue weighted by atomic mass is 32.1. The van der Waals surface area contributed by atoms with Gasteiger partial charge in [0.05, 0.1) is 11.1 Å². The second kappa shape index (κ2) is 8.70. The topological polar surface area (TPSA) is 84.5 Å². The highest BCUT2D eigenvalue weighted by molar-refractivity contribution is 7.16. The van der Waals surface area contributed by atoms with Crippen molar-refractivity contribution in [2.45, 2.75) is 45.9 Å². The van der Waals surface area contributed by atoms with Crippen molar-refractivity contribution >= 4 is 39.8 Å². The molecule has 1 heterocycles. The molecule has 2 N–H and O–H groups in total. The van der Waals surface area contributed by atoms with Crippen molar-refractivity contribution in [3.63, 3.8) is 0 Å². The number of benzene rings is 1. The van der Waals surface area contributed by atoms with E-state index in [0.717, 1.165) is 42.0 Å². The van der Waals surface area contributed by atoms with Crippen LogP contribution in [0, 0.1) is 19.8 Å². The minimum atomic E-state index is -4.48. The molecule has 1 aliphatic rings. The van der Waals surface area contributed by atoms with Crippen LogP contribution in [0.5, 0.6) is 0 Å². The maximum atomic E-state index is 12.7. The smallest absolute Gasteiger partial charge is 0.416 e. The van der Waals surface area contributed by atoms with E-state index in [4.69, 9.17) is 4.74 Å². The third kappa shape index (κ3) is 5.43. The fourth-order valence-corrected chi connectivity index (χ4v) is 3.83. The summed E-state index contributed by atoms with van der Waals surface area (Å²) in [5.74, 6) is -1.65. The zero-order chi connectivity index (χ0) is 22.9. The van der Waals surface area contributed by atoms with Gasteiger partial charge in [-0.15, -0.1) is 11.3 Å². The van der Waals surface area contributed by atoms with Gasteiger partial charge in [-0.25, -0.2) is 4.79 Å². The Labute approximate surface area is 180 Å². The number of nitrogens with one attached hydrogen (secondary N) is 2. The fourth-order valence-electron chi connectivity index (χ4n) is 2.78. The van der Waals surface area contributed by atoms with Gasteiger partial charge in [-0.1, -0.05) is 0 Å². The molecule has 31 heavy (non-hydrogen) atoms. The number of rotatable bonds is 6. The van der Waals surface area contributed by atoms with Crippen molar-refractivity contribution in [1.29, 1.82) is 0 Å². The summed E-state index contributed by atoms with van der Waals surface area (Å²) < 4.78 is 43.2. The molecular formula is C21H21F3N2O4S. The maximum absolute atomic E-state index is 12.7. The van der Waals surface area contributed by atoms with Gasteiger partial charge < -0.3 is 15.4 Å². The van der Waals surface area contributed by atoms with Crippen LogP contribution in [-0.2, 0) is 20.5 Å². The molecule has 1 aliphatic carbocycles. The molecule has 10 heteroatoms. The molecule has 1 fully saturated rings. The zero-order valence-electron chi connectivity index (χ0n) is 17.1. The molecule has 1 aromatic heterocycles. The van der Waals surface area contributed by atoms with Crippen LogP contribution in [0.4, 0.5) is 23.9 Å². The zero-order valence-corrected chi connectivity index (χ0v) is 17.9. The lowest BCUT2D eigenvalue weighted by atomic mass is 10.1. The van der Waals surface area contributed by atoms with Crippen LogP contribution in [0.25, 0.3) is 0 Å². The molecule has 2 amide bonds. The summed E-state index contributed by atoms with van der Waals surface area (Å²) in [6, 6.07) is 3.93.